The predicted molar refractivity (Wildman–Crippen MR) is 99.8 cm³/mol. The molecule has 2 nitrogen and oxygen atoms in total. The molecule has 4 aliphatic rings. The molecular weight excluding hydrogens is 292 g/mol. The van der Waals surface area contributed by atoms with Gasteiger partial charge in [-0.3, -0.25) is 0 Å². The fraction of sp³-hybridized carbons (Fsp3) is 0.636. The lowest BCUT2D eigenvalue weighted by atomic mass is 9.48. The fourth-order valence-corrected chi connectivity index (χ4v) is 6.75. The van der Waals surface area contributed by atoms with Gasteiger partial charge in [-0.05, 0) is 80.2 Å². The molecule has 2 heteroatoms. The molecule has 0 aliphatic heterocycles. The number of rotatable bonds is 4. The van der Waals surface area contributed by atoms with Crippen LogP contribution in [0.1, 0.15) is 51.0 Å². The zero-order valence-corrected chi connectivity index (χ0v) is 15.1. The Morgan fingerprint density at radius 1 is 1.08 bits per heavy atom. The van der Waals surface area contributed by atoms with Crippen molar-refractivity contribution in [3.63, 3.8) is 0 Å². The maximum absolute atomic E-state index is 3.95. The van der Waals surface area contributed by atoms with E-state index in [1.54, 1.807) is 0 Å². The number of hydrogen-bond acceptors (Lipinski definition) is 1. The predicted octanol–water partition coefficient (Wildman–Crippen LogP) is 4.87. The number of aryl methyl sites for hydroxylation is 1. The number of fused-ring (bicyclic) bond motifs is 1. The third-order valence-electron chi connectivity index (χ3n) is 7.58. The van der Waals surface area contributed by atoms with Crippen molar-refractivity contribution in [3.05, 3.63) is 36.0 Å². The minimum Gasteiger partial charge on any atom is -0.350 e. The van der Waals surface area contributed by atoms with Crippen LogP contribution < -0.4 is 5.32 Å². The van der Waals surface area contributed by atoms with Gasteiger partial charge in [0.1, 0.15) is 0 Å². The Bertz CT molecular complexity index is 721. The molecular formula is C22H30N2. The van der Waals surface area contributed by atoms with Crippen LogP contribution in [0.15, 0.2) is 30.5 Å². The van der Waals surface area contributed by atoms with Gasteiger partial charge in [0.05, 0.1) is 0 Å². The minimum atomic E-state index is 0.597. The van der Waals surface area contributed by atoms with Crippen molar-refractivity contribution in [3.8, 4) is 0 Å². The third kappa shape index (κ3) is 2.26. The third-order valence-corrected chi connectivity index (χ3v) is 7.58. The van der Waals surface area contributed by atoms with Gasteiger partial charge in [0.15, 0.2) is 0 Å². The summed E-state index contributed by atoms with van der Waals surface area (Å²) in [6.45, 7) is 3.47. The molecule has 4 fully saturated rings. The topological polar surface area (TPSA) is 17.0 Å². The van der Waals surface area contributed by atoms with Gasteiger partial charge in [-0.2, -0.15) is 0 Å². The van der Waals surface area contributed by atoms with Gasteiger partial charge < -0.3 is 9.88 Å². The molecule has 0 amide bonds. The highest BCUT2D eigenvalue weighted by Gasteiger charge is 2.52. The van der Waals surface area contributed by atoms with Crippen LogP contribution in [0.2, 0.25) is 0 Å². The zero-order chi connectivity index (χ0) is 16.3. The first-order chi connectivity index (χ1) is 11.6. The molecule has 6 rings (SSSR count). The maximum Gasteiger partial charge on any atom is 0.0481 e. The molecule has 1 atom stereocenters. The van der Waals surface area contributed by atoms with Gasteiger partial charge in [-0.15, -0.1) is 0 Å². The van der Waals surface area contributed by atoms with Crippen molar-refractivity contribution < 1.29 is 0 Å². The van der Waals surface area contributed by atoms with Crippen molar-refractivity contribution in [1.29, 1.82) is 0 Å². The molecule has 1 heterocycles. The van der Waals surface area contributed by atoms with Crippen LogP contribution >= 0.6 is 0 Å². The average Bonchev–Trinajstić information content (AvgIpc) is 2.88. The standard InChI is InChI=1S/C22H30N2/c1-15(22-10-16-7-17(11-22)9-18(8-16)12-22)23-13-19-14-24(2)21-6-4-3-5-20(19)21/h3-6,14-18,23H,7-13H2,1-2H3. The lowest BCUT2D eigenvalue weighted by molar-refractivity contribution is -0.0706. The molecule has 4 bridgehead atoms. The number of nitrogens with zero attached hydrogens (tertiary/aromatic N) is 1. The van der Waals surface area contributed by atoms with Gasteiger partial charge in [0.2, 0.25) is 0 Å². The van der Waals surface area contributed by atoms with Crippen LogP contribution in [-0.2, 0) is 13.6 Å². The van der Waals surface area contributed by atoms with E-state index in [0.29, 0.717) is 11.5 Å². The second kappa shape index (κ2) is 5.36. The average molecular weight is 322 g/mol. The highest BCUT2D eigenvalue weighted by atomic mass is 15.0. The summed E-state index contributed by atoms with van der Waals surface area (Å²) < 4.78 is 2.27. The summed E-state index contributed by atoms with van der Waals surface area (Å²) >= 11 is 0. The smallest absolute Gasteiger partial charge is 0.0481 e. The van der Waals surface area contributed by atoms with E-state index in [1.807, 2.05) is 0 Å². The summed E-state index contributed by atoms with van der Waals surface area (Å²) in [4.78, 5) is 0. The van der Waals surface area contributed by atoms with Gasteiger partial charge in [0, 0.05) is 36.7 Å². The maximum atomic E-state index is 3.95. The number of aromatic nitrogens is 1. The normalized spacial score (nSPS) is 35.7. The first-order valence-corrected chi connectivity index (χ1v) is 9.89. The summed E-state index contributed by atoms with van der Waals surface area (Å²) in [5.74, 6) is 3.12. The van der Waals surface area contributed by atoms with Crippen LogP contribution in [0, 0.1) is 23.2 Å². The molecule has 0 spiro atoms. The number of para-hydroxylation sites is 1. The lowest BCUT2D eigenvalue weighted by Gasteiger charge is -2.59. The number of benzene rings is 1. The molecule has 128 valence electrons. The summed E-state index contributed by atoms with van der Waals surface area (Å²) in [5.41, 5.74) is 3.39. The molecule has 24 heavy (non-hydrogen) atoms. The molecule has 1 unspecified atom stereocenters. The van der Waals surface area contributed by atoms with Crippen LogP contribution in [0.4, 0.5) is 0 Å². The summed E-state index contributed by atoms with van der Waals surface area (Å²) in [6.07, 6.45) is 11.4. The Morgan fingerprint density at radius 2 is 1.71 bits per heavy atom. The van der Waals surface area contributed by atoms with Crippen LogP contribution in [-0.4, -0.2) is 10.6 Å². The van der Waals surface area contributed by atoms with Gasteiger partial charge in [-0.25, -0.2) is 0 Å². The van der Waals surface area contributed by atoms with E-state index in [1.165, 1.54) is 55.0 Å². The summed E-state index contributed by atoms with van der Waals surface area (Å²) in [7, 11) is 2.16. The van der Waals surface area contributed by atoms with E-state index < -0.39 is 0 Å². The molecule has 4 saturated carbocycles. The number of nitrogens with one attached hydrogen (secondary N) is 1. The molecule has 4 aliphatic carbocycles. The van der Waals surface area contributed by atoms with E-state index in [9.17, 15) is 0 Å². The van der Waals surface area contributed by atoms with E-state index in [-0.39, 0.29) is 0 Å². The van der Waals surface area contributed by atoms with Gasteiger partial charge in [0.25, 0.3) is 0 Å². The van der Waals surface area contributed by atoms with Crippen molar-refractivity contribution in [2.75, 3.05) is 0 Å². The Kier molecular flexibility index (Phi) is 3.35. The van der Waals surface area contributed by atoms with Crippen molar-refractivity contribution in [2.24, 2.45) is 30.2 Å². The van der Waals surface area contributed by atoms with Crippen LogP contribution in [0.3, 0.4) is 0 Å². The molecule has 1 N–H and O–H groups in total. The second-order valence-corrected chi connectivity index (χ2v) is 9.16. The first kappa shape index (κ1) is 15.0. The van der Waals surface area contributed by atoms with Crippen molar-refractivity contribution >= 4 is 10.9 Å². The second-order valence-electron chi connectivity index (χ2n) is 9.16. The molecule has 1 aromatic heterocycles. The molecule has 1 aromatic carbocycles. The molecule has 2 aromatic rings. The van der Waals surface area contributed by atoms with Crippen molar-refractivity contribution in [1.82, 2.24) is 9.88 Å². The first-order valence-electron chi connectivity index (χ1n) is 9.89. The van der Waals surface area contributed by atoms with Crippen molar-refractivity contribution in [2.45, 2.75) is 58.0 Å². The Balaban J connectivity index is 1.35. The number of hydrogen-bond donors (Lipinski definition) is 1. The van der Waals surface area contributed by atoms with Crippen LogP contribution in [0.25, 0.3) is 10.9 Å². The summed E-state index contributed by atoms with van der Waals surface area (Å²) in [6, 6.07) is 9.43. The van der Waals surface area contributed by atoms with E-state index in [4.69, 9.17) is 0 Å². The van der Waals surface area contributed by atoms with Gasteiger partial charge >= 0.3 is 0 Å². The molecule has 0 radical (unpaired) electrons. The van der Waals surface area contributed by atoms with E-state index >= 15 is 0 Å². The lowest BCUT2D eigenvalue weighted by Crippen LogP contribution is -2.54. The van der Waals surface area contributed by atoms with Gasteiger partial charge in [-0.1, -0.05) is 18.2 Å². The molecule has 0 saturated heterocycles. The summed E-state index contributed by atoms with van der Waals surface area (Å²) in [5, 5.41) is 5.36. The zero-order valence-electron chi connectivity index (χ0n) is 15.1. The monoisotopic (exact) mass is 322 g/mol. The minimum absolute atomic E-state index is 0.597. The highest BCUT2D eigenvalue weighted by Crippen LogP contribution is 2.61. The highest BCUT2D eigenvalue weighted by molar-refractivity contribution is 5.83. The SMILES string of the molecule is CC(NCc1cn(C)c2ccccc12)C12CC3CC(CC(C3)C1)C2. The van der Waals surface area contributed by atoms with E-state index in [0.717, 1.165) is 24.3 Å². The largest absolute Gasteiger partial charge is 0.350 e. The Labute approximate surface area is 145 Å². The quantitative estimate of drug-likeness (QED) is 0.849. The Morgan fingerprint density at radius 3 is 2.38 bits per heavy atom. The Hall–Kier alpha value is -1.28. The van der Waals surface area contributed by atoms with Crippen LogP contribution in [0.5, 0.6) is 0 Å². The van der Waals surface area contributed by atoms with E-state index in [2.05, 4.69) is 54.3 Å². The fourth-order valence-electron chi connectivity index (χ4n) is 6.75.